The van der Waals surface area contributed by atoms with E-state index in [4.69, 9.17) is 18.6 Å². The lowest BCUT2D eigenvalue weighted by atomic mass is 10.0. The van der Waals surface area contributed by atoms with Gasteiger partial charge in [0.15, 0.2) is 18.1 Å². The highest BCUT2D eigenvalue weighted by atomic mass is 16.7. The molecule has 0 saturated heterocycles. The summed E-state index contributed by atoms with van der Waals surface area (Å²) in [5.74, 6) is 0.708. The predicted molar refractivity (Wildman–Crippen MR) is 123 cm³/mol. The maximum Gasteiger partial charge on any atom is 0.408 e. The van der Waals surface area contributed by atoms with Gasteiger partial charge in [-0.05, 0) is 35.4 Å². The van der Waals surface area contributed by atoms with Crippen LogP contribution in [0.4, 0.5) is 4.79 Å². The highest BCUT2D eigenvalue weighted by molar-refractivity contribution is 5.86. The van der Waals surface area contributed by atoms with E-state index in [9.17, 15) is 14.7 Å². The number of carboxylic acid groups (broad SMARTS) is 1. The molecule has 8 nitrogen and oxygen atoms in total. The molecule has 0 spiro atoms. The molecular weight excluding hydrogens is 438 g/mol. The molecule has 0 aliphatic carbocycles. The molecular formula is C26H21NO7. The number of nitrogens with one attached hydrogen (secondary N) is 1. The van der Waals surface area contributed by atoms with Crippen LogP contribution in [0.15, 0.2) is 77.2 Å². The largest absolute Gasteiger partial charge is 0.480 e. The second-order valence-electron chi connectivity index (χ2n) is 7.81. The summed E-state index contributed by atoms with van der Waals surface area (Å²) in [5, 5.41) is 12.7. The Morgan fingerprint density at radius 3 is 2.68 bits per heavy atom. The van der Waals surface area contributed by atoms with Crippen molar-refractivity contribution in [3.63, 3.8) is 0 Å². The number of carbonyl (C=O) groups is 2. The number of aliphatic carboxylic acids is 1. The molecule has 4 aromatic rings. The van der Waals surface area contributed by atoms with Crippen molar-refractivity contribution in [1.29, 1.82) is 0 Å². The molecule has 0 fully saturated rings. The van der Waals surface area contributed by atoms with E-state index in [1.165, 1.54) is 0 Å². The second kappa shape index (κ2) is 9.19. The third kappa shape index (κ3) is 4.52. The number of hydrogen-bond acceptors (Lipinski definition) is 6. The second-order valence-corrected chi connectivity index (χ2v) is 7.81. The van der Waals surface area contributed by atoms with Crippen LogP contribution in [-0.2, 0) is 22.6 Å². The Kier molecular flexibility index (Phi) is 5.78. The summed E-state index contributed by atoms with van der Waals surface area (Å²) >= 11 is 0. The van der Waals surface area contributed by atoms with E-state index >= 15 is 0 Å². The van der Waals surface area contributed by atoms with Crippen LogP contribution in [0.3, 0.4) is 0 Å². The average molecular weight is 459 g/mol. The van der Waals surface area contributed by atoms with Gasteiger partial charge in [0.1, 0.15) is 17.4 Å². The van der Waals surface area contributed by atoms with E-state index in [0.29, 0.717) is 22.8 Å². The minimum Gasteiger partial charge on any atom is -0.480 e. The molecule has 172 valence electrons. The van der Waals surface area contributed by atoms with Gasteiger partial charge in [-0.2, -0.15) is 0 Å². The van der Waals surface area contributed by atoms with Crippen molar-refractivity contribution >= 4 is 23.0 Å². The first-order chi connectivity index (χ1) is 16.6. The first-order valence-electron chi connectivity index (χ1n) is 10.7. The minimum absolute atomic E-state index is 0.134. The van der Waals surface area contributed by atoms with Gasteiger partial charge < -0.3 is 29.1 Å². The molecule has 1 aliphatic heterocycles. The summed E-state index contributed by atoms with van der Waals surface area (Å²) in [4.78, 5) is 23.8. The molecule has 34 heavy (non-hydrogen) atoms. The van der Waals surface area contributed by atoms with Gasteiger partial charge in [-0.1, -0.05) is 48.5 Å². The van der Waals surface area contributed by atoms with Crippen LogP contribution in [0.1, 0.15) is 11.3 Å². The standard InChI is InChI=1S/C26H21NO7/c28-25(29)21(11-16-5-2-1-3-6-16)27-26(30)31-14-19-13-18-12-17(9-10-22(18)34-19)20-7-4-8-23-24(20)33-15-32-23/h1-10,12-13,21H,11,14-15H2,(H,27,30)(H,28,29)/t21-/m1/s1. The van der Waals surface area contributed by atoms with Gasteiger partial charge in [0.05, 0.1) is 0 Å². The molecule has 5 rings (SSSR count). The number of furan rings is 1. The quantitative estimate of drug-likeness (QED) is 0.411. The Bertz CT molecular complexity index is 1350. The van der Waals surface area contributed by atoms with Gasteiger partial charge in [-0.25, -0.2) is 9.59 Å². The van der Waals surface area contributed by atoms with Crippen LogP contribution in [0.5, 0.6) is 11.5 Å². The lowest BCUT2D eigenvalue weighted by Gasteiger charge is -2.14. The first kappa shape index (κ1) is 21.4. The molecule has 8 heteroatoms. The average Bonchev–Trinajstić information content (AvgIpc) is 3.49. The van der Waals surface area contributed by atoms with Crippen LogP contribution >= 0.6 is 0 Å². The lowest BCUT2D eigenvalue weighted by Crippen LogP contribution is -2.42. The summed E-state index contributed by atoms with van der Waals surface area (Å²) < 4.78 is 22.0. The molecule has 0 saturated carbocycles. The first-order valence-corrected chi connectivity index (χ1v) is 10.7. The molecule has 0 radical (unpaired) electrons. The Morgan fingerprint density at radius 2 is 1.85 bits per heavy atom. The number of benzene rings is 3. The summed E-state index contributed by atoms with van der Waals surface area (Å²) in [6, 6.07) is 21.2. The molecule has 3 aromatic carbocycles. The van der Waals surface area contributed by atoms with E-state index in [0.717, 1.165) is 22.1 Å². The zero-order valence-corrected chi connectivity index (χ0v) is 18.0. The van der Waals surface area contributed by atoms with Crippen LogP contribution < -0.4 is 14.8 Å². The lowest BCUT2D eigenvalue weighted by molar-refractivity contribution is -0.139. The minimum atomic E-state index is -1.14. The Hall–Kier alpha value is -4.46. The molecule has 0 bridgehead atoms. The molecule has 2 N–H and O–H groups in total. The summed E-state index contributed by atoms with van der Waals surface area (Å²) in [6.07, 6.45) is -0.683. The third-order valence-corrected chi connectivity index (χ3v) is 5.49. The van der Waals surface area contributed by atoms with Crippen molar-refractivity contribution in [3.8, 4) is 22.6 Å². The third-order valence-electron chi connectivity index (χ3n) is 5.49. The Balaban J connectivity index is 1.25. The number of para-hydroxylation sites is 1. The number of amides is 1. The summed E-state index contributed by atoms with van der Waals surface area (Å²) in [6.45, 7) is 0.0587. The highest BCUT2D eigenvalue weighted by Crippen LogP contribution is 2.41. The van der Waals surface area contributed by atoms with Crippen LogP contribution in [0, 0.1) is 0 Å². The predicted octanol–water partition coefficient (Wildman–Crippen LogP) is 4.75. The van der Waals surface area contributed by atoms with Crippen LogP contribution in [0.2, 0.25) is 0 Å². The van der Waals surface area contributed by atoms with Gasteiger partial charge in [-0.3, -0.25) is 0 Å². The maximum atomic E-state index is 12.2. The monoisotopic (exact) mass is 459 g/mol. The van der Waals surface area contributed by atoms with E-state index < -0.39 is 18.1 Å². The number of carbonyl (C=O) groups excluding carboxylic acids is 1. The topological polar surface area (TPSA) is 107 Å². The SMILES string of the molecule is O=C(N[C@H](Cc1ccccc1)C(=O)O)OCc1cc2cc(-c3cccc4c3OCO4)ccc2o1. The molecule has 1 amide bonds. The number of hydrogen-bond donors (Lipinski definition) is 2. The van der Waals surface area contributed by atoms with E-state index in [1.807, 2.05) is 54.6 Å². The van der Waals surface area contributed by atoms with Gasteiger partial charge in [0, 0.05) is 17.4 Å². The van der Waals surface area contributed by atoms with Crippen molar-refractivity contribution < 1.29 is 33.3 Å². The van der Waals surface area contributed by atoms with E-state index in [2.05, 4.69) is 5.32 Å². The highest BCUT2D eigenvalue weighted by Gasteiger charge is 2.22. The molecule has 0 unspecified atom stereocenters. The van der Waals surface area contributed by atoms with Crippen molar-refractivity contribution in [3.05, 3.63) is 84.1 Å². The number of rotatable bonds is 7. The zero-order valence-electron chi connectivity index (χ0n) is 18.0. The molecule has 1 aromatic heterocycles. The maximum absolute atomic E-state index is 12.2. The van der Waals surface area contributed by atoms with Gasteiger partial charge in [-0.15, -0.1) is 0 Å². The van der Waals surface area contributed by atoms with Crippen molar-refractivity contribution in [2.45, 2.75) is 19.1 Å². The fraction of sp³-hybridized carbons (Fsp3) is 0.154. The molecule has 2 heterocycles. The van der Waals surface area contributed by atoms with Crippen LogP contribution in [0.25, 0.3) is 22.1 Å². The van der Waals surface area contributed by atoms with Crippen molar-refractivity contribution in [2.24, 2.45) is 0 Å². The van der Waals surface area contributed by atoms with Gasteiger partial charge >= 0.3 is 12.1 Å². The van der Waals surface area contributed by atoms with Crippen LogP contribution in [-0.4, -0.2) is 30.0 Å². The number of ether oxygens (including phenoxy) is 3. The number of alkyl carbamates (subject to hydrolysis) is 1. The normalized spacial score (nSPS) is 12.9. The van der Waals surface area contributed by atoms with Crippen molar-refractivity contribution in [2.75, 3.05) is 6.79 Å². The smallest absolute Gasteiger partial charge is 0.408 e. The Labute approximate surface area is 194 Å². The molecule has 1 atom stereocenters. The fourth-order valence-corrected chi connectivity index (χ4v) is 3.87. The zero-order chi connectivity index (χ0) is 23.5. The summed E-state index contributed by atoms with van der Waals surface area (Å²) in [7, 11) is 0. The molecule has 1 aliphatic rings. The Morgan fingerprint density at radius 1 is 1.00 bits per heavy atom. The number of carboxylic acids is 1. The van der Waals surface area contributed by atoms with Gasteiger partial charge in [0.2, 0.25) is 6.79 Å². The fourth-order valence-electron chi connectivity index (χ4n) is 3.87. The van der Waals surface area contributed by atoms with Crippen molar-refractivity contribution in [1.82, 2.24) is 5.32 Å². The van der Waals surface area contributed by atoms with E-state index in [1.54, 1.807) is 18.2 Å². The van der Waals surface area contributed by atoms with E-state index in [-0.39, 0.29) is 19.8 Å². The summed E-state index contributed by atoms with van der Waals surface area (Å²) in [5.41, 5.74) is 3.28. The van der Waals surface area contributed by atoms with Gasteiger partial charge in [0.25, 0.3) is 0 Å². The number of fused-ring (bicyclic) bond motifs is 2.